The third kappa shape index (κ3) is 3.72. The molecule has 0 aliphatic rings. The first-order chi connectivity index (χ1) is 8.08. The number of phenolic OH excluding ortho intramolecular Hbond substituents is 2. The van der Waals surface area contributed by atoms with Crippen LogP contribution < -0.4 is 0 Å². The number of likely N-dealkylation sites (N-methyl/N-ethyl adjacent to an activating group) is 1. The molecule has 1 rings (SSSR count). The molecule has 0 spiro atoms. The van der Waals surface area contributed by atoms with Gasteiger partial charge in [-0.05, 0) is 24.7 Å². The number of hydrogen-bond donors (Lipinski definition) is 3. The minimum atomic E-state index is -0.305. The largest absolute Gasteiger partial charge is 0.504 e. The number of aliphatic hydroxyl groups is 1. The molecule has 5 heteroatoms. The van der Waals surface area contributed by atoms with Crippen molar-refractivity contribution in [2.75, 3.05) is 26.2 Å². The number of rotatable bonds is 6. The van der Waals surface area contributed by atoms with E-state index in [0.717, 1.165) is 0 Å². The van der Waals surface area contributed by atoms with Crippen molar-refractivity contribution in [3.05, 3.63) is 23.8 Å². The summed E-state index contributed by atoms with van der Waals surface area (Å²) in [4.78, 5) is 13.6. The number of carbonyl (C=O) groups excluding carboxylic acids is 1. The highest BCUT2D eigenvalue weighted by molar-refractivity contribution is 5.98. The minimum absolute atomic E-state index is 0.00193. The Labute approximate surface area is 99.9 Å². The maximum absolute atomic E-state index is 11.8. The van der Waals surface area contributed by atoms with Gasteiger partial charge in [-0.1, -0.05) is 6.92 Å². The van der Waals surface area contributed by atoms with Crippen molar-refractivity contribution >= 4 is 5.78 Å². The van der Waals surface area contributed by atoms with Crippen LogP contribution in [0, 0.1) is 0 Å². The maximum atomic E-state index is 11.8. The Bertz CT molecular complexity index is 392. The van der Waals surface area contributed by atoms with Gasteiger partial charge in [0.15, 0.2) is 17.3 Å². The number of hydrogen-bond acceptors (Lipinski definition) is 5. The summed E-state index contributed by atoms with van der Waals surface area (Å²) in [5.74, 6) is -0.707. The van der Waals surface area contributed by atoms with Crippen molar-refractivity contribution in [2.24, 2.45) is 0 Å². The van der Waals surface area contributed by atoms with E-state index in [9.17, 15) is 9.90 Å². The second-order valence-corrected chi connectivity index (χ2v) is 3.72. The fourth-order valence-electron chi connectivity index (χ4n) is 1.48. The van der Waals surface area contributed by atoms with Gasteiger partial charge in [-0.25, -0.2) is 0 Å². The van der Waals surface area contributed by atoms with E-state index in [0.29, 0.717) is 18.7 Å². The fraction of sp³-hybridized carbons (Fsp3) is 0.417. The molecule has 94 valence electrons. The molecular formula is C12H17NO4. The third-order valence-corrected chi connectivity index (χ3v) is 2.53. The number of aromatic hydroxyl groups is 2. The zero-order valence-electron chi connectivity index (χ0n) is 9.76. The molecule has 1 aromatic carbocycles. The van der Waals surface area contributed by atoms with Gasteiger partial charge in [0.2, 0.25) is 0 Å². The molecule has 0 unspecified atom stereocenters. The van der Waals surface area contributed by atoms with Gasteiger partial charge in [0.05, 0.1) is 13.2 Å². The van der Waals surface area contributed by atoms with Gasteiger partial charge >= 0.3 is 0 Å². The lowest BCUT2D eigenvalue weighted by atomic mass is 10.1. The van der Waals surface area contributed by atoms with Crippen LogP contribution in [0.1, 0.15) is 17.3 Å². The van der Waals surface area contributed by atoms with Crippen molar-refractivity contribution in [3.63, 3.8) is 0 Å². The molecule has 5 nitrogen and oxygen atoms in total. The van der Waals surface area contributed by atoms with Crippen LogP contribution in [-0.4, -0.2) is 52.2 Å². The number of nitrogens with zero attached hydrogens (tertiary/aromatic N) is 1. The van der Waals surface area contributed by atoms with E-state index in [2.05, 4.69) is 0 Å². The van der Waals surface area contributed by atoms with E-state index in [4.69, 9.17) is 10.2 Å². The van der Waals surface area contributed by atoms with Crippen molar-refractivity contribution in [2.45, 2.75) is 6.92 Å². The Hall–Kier alpha value is -1.59. The van der Waals surface area contributed by atoms with E-state index < -0.39 is 0 Å². The molecule has 1 aromatic rings. The number of ketones is 1. The lowest BCUT2D eigenvalue weighted by molar-refractivity contribution is 0.0919. The Morgan fingerprint density at radius 2 is 2.00 bits per heavy atom. The molecule has 17 heavy (non-hydrogen) atoms. The summed E-state index contributed by atoms with van der Waals surface area (Å²) < 4.78 is 0. The standard InChI is InChI=1S/C12H17NO4/c1-2-13(5-6-14)8-12(17)9-3-4-10(15)11(16)7-9/h3-4,7,14-16H,2,5-6,8H2,1H3. The van der Waals surface area contributed by atoms with Gasteiger partial charge in [-0.15, -0.1) is 0 Å². The van der Waals surface area contributed by atoms with Gasteiger partial charge in [0.1, 0.15) is 0 Å². The van der Waals surface area contributed by atoms with Gasteiger partial charge in [0, 0.05) is 12.1 Å². The third-order valence-electron chi connectivity index (χ3n) is 2.53. The monoisotopic (exact) mass is 239 g/mol. The number of carbonyl (C=O) groups is 1. The SMILES string of the molecule is CCN(CCO)CC(=O)c1ccc(O)c(O)c1. The molecule has 3 N–H and O–H groups in total. The number of Topliss-reactive ketones (excluding diaryl/α,β-unsaturated/α-hetero) is 1. The predicted molar refractivity (Wildman–Crippen MR) is 63.3 cm³/mol. The zero-order chi connectivity index (χ0) is 12.8. The van der Waals surface area contributed by atoms with Crippen LogP contribution in [0.2, 0.25) is 0 Å². The molecule has 0 heterocycles. The topological polar surface area (TPSA) is 81.0 Å². The lowest BCUT2D eigenvalue weighted by Gasteiger charge is -2.17. The number of benzene rings is 1. The fourth-order valence-corrected chi connectivity index (χ4v) is 1.48. The highest BCUT2D eigenvalue weighted by atomic mass is 16.3. The van der Waals surface area contributed by atoms with E-state index in [-0.39, 0.29) is 30.4 Å². The molecular weight excluding hydrogens is 222 g/mol. The van der Waals surface area contributed by atoms with Crippen molar-refractivity contribution in [1.82, 2.24) is 4.90 Å². The Morgan fingerprint density at radius 3 is 2.53 bits per heavy atom. The Balaban J connectivity index is 2.72. The lowest BCUT2D eigenvalue weighted by Crippen LogP contribution is -2.32. The molecule has 0 saturated heterocycles. The Kier molecular flexibility index (Phi) is 4.93. The van der Waals surface area contributed by atoms with Crippen LogP contribution >= 0.6 is 0 Å². The van der Waals surface area contributed by atoms with E-state index >= 15 is 0 Å². The predicted octanol–water partition coefficient (Wildman–Crippen LogP) is 0.595. The first-order valence-corrected chi connectivity index (χ1v) is 5.46. The van der Waals surface area contributed by atoms with Crippen LogP contribution in [0.5, 0.6) is 11.5 Å². The molecule has 0 saturated carbocycles. The Morgan fingerprint density at radius 1 is 1.29 bits per heavy atom. The van der Waals surface area contributed by atoms with Gasteiger partial charge < -0.3 is 15.3 Å². The second kappa shape index (κ2) is 6.22. The molecule has 0 fully saturated rings. The second-order valence-electron chi connectivity index (χ2n) is 3.72. The summed E-state index contributed by atoms with van der Waals surface area (Å²) >= 11 is 0. The zero-order valence-corrected chi connectivity index (χ0v) is 9.76. The van der Waals surface area contributed by atoms with Crippen LogP contribution in [-0.2, 0) is 0 Å². The highest BCUT2D eigenvalue weighted by Gasteiger charge is 2.12. The van der Waals surface area contributed by atoms with Gasteiger partial charge in [0.25, 0.3) is 0 Å². The van der Waals surface area contributed by atoms with E-state index in [1.54, 1.807) is 4.90 Å². The molecule has 0 radical (unpaired) electrons. The molecule has 0 atom stereocenters. The molecule has 0 bridgehead atoms. The van der Waals surface area contributed by atoms with Gasteiger partial charge in [-0.2, -0.15) is 0 Å². The molecule has 0 aromatic heterocycles. The van der Waals surface area contributed by atoms with Crippen LogP contribution in [0.4, 0.5) is 0 Å². The maximum Gasteiger partial charge on any atom is 0.176 e. The average molecular weight is 239 g/mol. The van der Waals surface area contributed by atoms with Crippen molar-refractivity contribution < 1.29 is 20.1 Å². The summed E-state index contributed by atoms with van der Waals surface area (Å²) in [6.07, 6.45) is 0. The summed E-state index contributed by atoms with van der Waals surface area (Å²) in [6, 6.07) is 3.99. The van der Waals surface area contributed by atoms with Crippen molar-refractivity contribution in [1.29, 1.82) is 0 Å². The molecule has 0 amide bonds. The first kappa shape index (κ1) is 13.5. The van der Waals surface area contributed by atoms with Crippen molar-refractivity contribution in [3.8, 4) is 11.5 Å². The minimum Gasteiger partial charge on any atom is -0.504 e. The average Bonchev–Trinajstić information content (AvgIpc) is 2.31. The summed E-state index contributed by atoms with van der Waals surface area (Å²) in [7, 11) is 0. The van der Waals surface area contributed by atoms with Gasteiger partial charge in [-0.3, -0.25) is 9.69 Å². The summed E-state index contributed by atoms with van der Waals surface area (Å²) in [6.45, 7) is 3.18. The highest BCUT2D eigenvalue weighted by Crippen LogP contribution is 2.25. The number of phenols is 2. The van der Waals surface area contributed by atoms with Crippen LogP contribution in [0.15, 0.2) is 18.2 Å². The molecule has 0 aliphatic carbocycles. The quantitative estimate of drug-likeness (QED) is 0.500. The first-order valence-electron chi connectivity index (χ1n) is 5.46. The van der Waals surface area contributed by atoms with E-state index in [1.165, 1.54) is 18.2 Å². The van der Waals surface area contributed by atoms with Crippen LogP contribution in [0.3, 0.4) is 0 Å². The normalized spacial score (nSPS) is 10.8. The smallest absolute Gasteiger partial charge is 0.176 e. The summed E-state index contributed by atoms with van der Waals surface area (Å²) in [5, 5.41) is 27.2. The summed E-state index contributed by atoms with van der Waals surface area (Å²) in [5.41, 5.74) is 0.344. The van der Waals surface area contributed by atoms with E-state index in [1.807, 2.05) is 6.92 Å². The number of aliphatic hydroxyl groups excluding tert-OH is 1. The molecule has 0 aliphatic heterocycles. The van der Waals surface area contributed by atoms with Crippen LogP contribution in [0.25, 0.3) is 0 Å².